The molecule has 5 rings (SSSR count). The Balaban J connectivity index is 1.48. The number of nitrogens with one attached hydrogen (secondary N) is 2. The lowest BCUT2D eigenvalue weighted by Gasteiger charge is -2.23. The fourth-order valence-electron chi connectivity index (χ4n) is 4.74. The van der Waals surface area contributed by atoms with Gasteiger partial charge in [0, 0.05) is 35.4 Å². The van der Waals surface area contributed by atoms with Gasteiger partial charge in [-0.15, -0.1) is 0 Å². The number of amides is 2. The van der Waals surface area contributed by atoms with E-state index in [-0.39, 0.29) is 17.8 Å². The Hall–Kier alpha value is -4.64. The molecule has 4 aromatic rings. The van der Waals surface area contributed by atoms with Crippen LogP contribution in [0.2, 0.25) is 0 Å². The highest BCUT2D eigenvalue weighted by Crippen LogP contribution is 2.35. The van der Waals surface area contributed by atoms with Gasteiger partial charge in [0.05, 0.1) is 16.9 Å². The van der Waals surface area contributed by atoms with Crippen LogP contribution in [0.15, 0.2) is 48.8 Å². The number of carbonyl (C=O) groups is 2. The van der Waals surface area contributed by atoms with Crippen LogP contribution in [0.1, 0.15) is 47.4 Å². The van der Waals surface area contributed by atoms with Crippen LogP contribution < -0.4 is 5.32 Å². The lowest BCUT2D eigenvalue weighted by atomic mass is 9.96. The van der Waals surface area contributed by atoms with Crippen molar-refractivity contribution < 1.29 is 28.6 Å². The summed E-state index contributed by atoms with van der Waals surface area (Å²) in [5.41, 5.74) is 2.51. The number of halogens is 2. The molecule has 1 aliphatic heterocycles. The van der Waals surface area contributed by atoms with Gasteiger partial charge in [0.2, 0.25) is 0 Å². The Morgan fingerprint density at radius 3 is 2.55 bits per heavy atom. The summed E-state index contributed by atoms with van der Waals surface area (Å²) < 4.78 is 29.6. The number of carboxylic acid groups (broad SMARTS) is 1. The minimum Gasteiger partial charge on any atom is -0.465 e. The number of nitrogens with zero attached hydrogens (tertiary/aromatic N) is 3. The lowest BCUT2D eigenvalue weighted by molar-refractivity contribution is 0.0780. The van der Waals surface area contributed by atoms with Crippen LogP contribution in [0.4, 0.5) is 19.3 Å². The van der Waals surface area contributed by atoms with Crippen molar-refractivity contribution in [1.29, 1.82) is 0 Å². The Labute approximate surface area is 228 Å². The summed E-state index contributed by atoms with van der Waals surface area (Å²) in [6, 6.07) is 8.14. The molecular formula is C29H27F2N5O4. The van der Waals surface area contributed by atoms with Crippen LogP contribution in [-0.4, -0.2) is 55.2 Å². The fourth-order valence-corrected chi connectivity index (χ4v) is 4.74. The van der Waals surface area contributed by atoms with Gasteiger partial charge in [0.15, 0.2) is 0 Å². The van der Waals surface area contributed by atoms with Crippen LogP contribution in [-0.2, 0) is 5.60 Å². The minimum atomic E-state index is -1.28. The SMILES string of the molecule is Cc1c(NC(=O)c2ccc(C(C)(C)O)cc2F)cc(F)cc1-c1ncnc2[nH]c(C3=CCN(C(=O)O)CC3)cc12. The van der Waals surface area contributed by atoms with Gasteiger partial charge in [-0.2, -0.15) is 0 Å². The molecule has 0 radical (unpaired) electrons. The molecule has 0 bridgehead atoms. The first-order valence-corrected chi connectivity index (χ1v) is 12.6. The highest BCUT2D eigenvalue weighted by molar-refractivity contribution is 6.05. The van der Waals surface area contributed by atoms with Crippen LogP contribution in [0.25, 0.3) is 27.9 Å². The van der Waals surface area contributed by atoms with E-state index >= 15 is 0 Å². The van der Waals surface area contributed by atoms with E-state index < -0.39 is 29.2 Å². The number of fused-ring (bicyclic) bond motifs is 1. The first-order chi connectivity index (χ1) is 18.9. The maximum absolute atomic E-state index is 14.8. The molecule has 0 unspecified atom stereocenters. The maximum atomic E-state index is 14.8. The lowest BCUT2D eigenvalue weighted by Crippen LogP contribution is -2.33. The summed E-state index contributed by atoms with van der Waals surface area (Å²) in [6.07, 6.45) is 2.73. The van der Waals surface area contributed by atoms with Crippen molar-refractivity contribution in [2.75, 3.05) is 18.4 Å². The summed E-state index contributed by atoms with van der Waals surface area (Å²) >= 11 is 0. The molecular weight excluding hydrogens is 520 g/mol. The first kappa shape index (κ1) is 26.9. The largest absolute Gasteiger partial charge is 0.465 e. The standard InChI is InChI=1S/C29H27F2N5O4/c1-15-20(11-18(30)12-23(15)35-27(37)19-5-4-17(10-22(19)31)29(2,3)40)25-21-13-24(34-26(21)33-14-32-25)16-6-8-36(9-7-16)28(38)39/h4-6,10-14,40H,7-9H2,1-3H3,(H,35,37)(H,38,39)(H,32,33,34). The van der Waals surface area contributed by atoms with Crippen LogP contribution in [0.5, 0.6) is 0 Å². The molecule has 206 valence electrons. The molecule has 40 heavy (non-hydrogen) atoms. The molecule has 0 aliphatic carbocycles. The van der Waals surface area contributed by atoms with Gasteiger partial charge >= 0.3 is 6.09 Å². The van der Waals surface area contributed by atoms with E-state index in [1.807, 2.05) is 12.1 Å². The number of hydrogen-bond acceptors (Lipinski definition) is 5. The summed E-state index contributed by atoms with van der Waals surface area (Å²) in [4.78, 5) is 37.4. The van der Waals surface area contributed by atoms with Crippen molar-refractivity contribution in [2.24, 2.45) is 0 Å². The minimum absolute atomic E-state index is 0.150. The third kappa shape index (κ3) is 5.15. The van der Waals surface area contributed by atoms with Gasteiger partial charge in [0.25, 0.3) is 5.91 Å². The molecule has 0 atom stereocenters. The van der Waals surface area contributed by atoms with E-state index in [0.717, 1.165) is 23.4 Å². The number of aromatic nitrogens is 3. The number of benzene rings is 2. The van der Waals surface area contributed by atoms with E-state index in [0.29, 0.717) is 46.4 Å². The van der Waals surface area contributed by atoms with Crippen molar-refractivity contribution in [3.05, 3.63) is 82.8 Å². The average molecular weight is 548 g/mol. The van der Waals surface area contributed by atoms with Crippen molar-refractivity contribution in [1.82, 2.24) is 19.9 Å². The molecule has 3 heterocycles. The zero-order chi connectivity index (χ0) is 28.8. The summed E-state index contributed by atoms with van der Waals surface area (Å²) in [5, 5.41) is 22.5. The molecule has 11 heteroatoms. The third-order valence-electron chi connectivity index (χ3n) is 7.05. The number of H-pyrrole nitrogens is 1. The quantitative estimate of drug-likeness (QED) is 0.263. The molecule has 9 nitrogen and oxygen atoms in total. The Kier molecular flexibility index (Phi) is 6.84. The number of aromatic amines is 1. The van der Waals surface area contributed by atoms with Gasteiger partial charge in [-0.25, -0.2) is 23.5 Å². The molecule has 2 aromatic carbocycles. The predicted molar refractivity (Wildman–Crippen MR) is 146 cm³/mol. The first-order valence-electron chi connectivity index (χ1n) is 12.6. The molecule has 2 amide bonds. The normalized spacial score (nSPS) is 13.8. The van der Waals surface area contributed by atoms with Crippen LogP contribution in [0.3, 0.4) is 0 Å². The average Bonchev–Trinajstić information content (AvgIpc) is 3.34. The number of rotatable bonds is 5. The van der Waals surface area contributed by atoms with E-state index in [9.17, 15) is 28.6 Å². The van der Waals surface area contributed by atoms with E-state index in [1.54, 1.807) is 6.92 Å². The third-order valence-corrected chi connectivity index (χ3v) is 7.05. The monoisotopic (exact) mass is 547 g/mol. The Bertz CT molecular complexity index is 1690. The Morgan fingerprint density at radius 1 is 1.12 bits per heavy atom. The van der Waals surface area contributed by atoms with E-state index in [2.05, 4.69) is 20.3 Å². The van der Waals surface area contributed by atoms with E-state index in [4.69, 9.17) is 0 Å². The maximum Gasteiger partial charge on any atom is 0.407 e. The van der Waals surface area contributed by atoms with E-state index in [1.165, 1.54) is 43.3 Å². The van der Waals surface area contributed by atoms with Gasteiger partial charge in [-0.3, -0.25) is 4.79 Å². The van der Waals surface area contributed by atoms with Gasteiger partial charge in [0.1, 0.15) is 23.6 Å². The van der Waals surface area contributed by atoms with Gasteiger partial charge < -0.3 is 25.4 Å². The molecule has 0 spiro atoms. The smallest absolute Gasteiger partial charge is 0.407 e. The zero-order valence-electron chi connectivity index (χ0n) is 22.0. The number of aliphatic hydroxyl groups is 1. The second kappa shape index (κ2) is 10.2. The van der Waals surface area contributed by atoms with Crippen molar-refractivity contribution in [2.45, 2.75) is 32.8 Å². The Morgan fingerprint density at radius 2 is 1.90 bits per heavy atom. The molecule has 0 fully saturated rings. The van der Waals surface area contributed by atoms with Crippen molar-refractivity contribution in [3.8, 4) is 11.3 Å². The summed E-state index contributed by atoms with van der Waals surface area (Å²) in [5.74, 6) is -2.21. The molecule has 1 aliphatic rings. The van der Waals surface area contributed by atoms with Crippen LogP contribution >= 0.6 is 0 Å². The molecule has 2 aromatic heterocycles. The second-order valence-electron chi connectivity index (χ2n) is 10.2. The predicted octanol–water partition coefficient (Wildman–Crippen LogP) is 5.46. The van der Waals surface area contributed by atoms with Crippen molar-refractivity contribution >= 4 is 34.3 Å². The summed E-state index contributed by atoms with van der Waals surface area (Å²) in [7, 11) is 0. The van der Waals surface area contributed by atoms with Gasteiger partial charge in [-0.05, 0) is 74.2 Å². The second-order valence-corrected chi connectivity index (χ2v) is 10.2. The topological polar surface area (TPSA) is 131 Å². The molecule has 0 saturated carbocycles. The van der Waals surface area contributed by atoms with Crippen LogP contribution in [0, 0.1) is 18.6 Å². The highest BCUT2D eigenvalue weighted by atomic mass is 19.1. The zero-order valence-corrected chi connectivity index (χ0v) is 22.0. The van der Waals surface area contributed by atoms with Gasteiger partial charge in [-0.1, -0.05) is 12.1 Å². The summed E-state index contributed by atoms with van der Waals surface area (Å²) in [6.45, 7) is 5.35. The highest BCUT2D eigenvalue weighted by Gasteiger charge is 2.23. The fraction of sp³-hybridized carbons (Fsp3) is 0.241. The molecule has 0 saturated heterocycles. The van der Waals surface area contributed by atoms with Crippen molar-refractivity contribution in [3.63, 3.8) is 0 Å². The molecule has 4 N–H and O–H groups in total. The number of carbonyl (C=O) groups excluding carboxylic acids is 1. The number of hydrogen-bond donors (Lipinski definition) is 4. The number of anilines is 1.